The molecule has 0 aliphatic heterocycles. The van der Waals surface area contributed by atoms with Gasteiger partial charge in [-0.15, -0.1) is 11.3 Å². The molecule has 2 N–H and O–H groups in total. The molecular weight excluding hydrogens is 252 g/mol. The third-order valence-corrected chi connectivity index (χ3v) is 4.30. The molecule has 0 radical (unpaired) electrons. The Kier molecular flexibility index (Phi) is 2.45. The van der Waals surface area contributed by atoms with Gasteiger partial charge < -0.3 is 5.73 Å². The SMILES string of the molecule is Cn1cc(-c2nc(N)sc2-c2cccs2)cn1. The molecule has 6 heteroatoms. The first-order chi connectivity index (χ1) is 8.24. The van der Waals surface area contributed by atoms with Crippen LogP contribution < -0.4 is 5.73 Å². The molecular formula is C11H10N4S2. The number of aromatic nitrogens is 3. The molecule has 4 nitrogen and oxygen atoms in total. The van der Waals surface area contributed by atoms with Gasteiger partial charge in [-0.05, 0) is 11.4 Å². The number of nitrogens with zero attached hydrogens (tertiary/aromatic N) is 3. The number of hydrogen-bond donors (Lipinski definition) is 1. The molecule has 0 amide bonds. The maximum absolute atomic E-state index is 5.81. The van der Waals surface area contributed by atoms with Gasteiger partial charge in [0.05, 0.1) is 16.8 Å². The molecule has 0 unspecified atom stereocenters. The second-order valence-corrected chi connectivity index (χ2v) is 5.59. The fraction of sp³-hybridized carbons (Fsp3) is 0.0909. The first-order valence-corrected chi connectivity index (χ1v) is 6.73. The Bertz CT molecular complexity index is 636. The van der Waals surface area contributed by atoms with E-state index < -0.39 is 0 Å². The van der Waals surface area contributed by atoms with Gasteiger partial charge in [-0.2, -0.15) is 5.10 Å². The lowest BCUT2D eigenvalue weighted by atomic mass is 10.2. The van der Waals surface area contributed by atoms with Crippen molar-refractivity contribution < 1.29 is 0 Å². The molecule has 0 bridgehead atoms. The van der Waals surface area contributed by atoms with Gasteiger partial charge in [-0.1, -0.05) is 17.4 Å². The van der Waals surface area contributed by atoms with Crippen molar-refractivity contribution in [1.29, 1.82) is 0 Å². The van der Waals surface area contributed by atoms with Crippen LogP contribution in [0.2, 0.25) is 0 Å². The second-order valence-electron chi connectivity index (χ2n) is 3.61. The zero-order chi connectivity index (χ0) is 11.8. The Morgan fingerprint density at radius 1 is 1.41 bits per heavy atom. The molecule has 3 rings (SSSR count). The van der Waals surface area contributed by atoms with E-state index in [4.69, 9.17) is 5.73 Å². The number of nitrogens with two attached hydrogens (primary N) is 1. The Morgan fingerprint density at radius 2 is 2.29 bits per heavy atom. The summed E-state index contributed by atoms with van der Waals surface area (Å²) in [6.45, 7) is 0. The summed E-state index contributed by atoms with van der Waals surface area (Å²) in [5, 5.41) is 6.81. The molecule has 0 saturated carbocycles. The Hall–Kier alpha value is -1.66. The van der Waals surface area contributed by atoms with Gasteiger partial charge in [-0.3, -0.25) is 4.68 Å². The number of thiophene rings is 1. The van der Waals surface area contributed by atoms with Crippen LogP contribution in [0.15, 0.2) is 29.9 Å². The van der Waals surface area contributed by atoms with Crippen molar-refractivity contribution in [3.8, 4) is 21.0 Å². The van der Waals surface area contributed by atoms with E-state index in [2.05, 4.69) is 21.5 Å². The summed E-state index contributed by atoms with van der Waals surface area (Å²) in [7, 11) is 1.89. The van der Waals surface area contributed by atoms with E-state index in [0.717, 1.165) is 16.1 Å². The van der Waals surface area contributed by atoms with E-state index in [1.165, 1.54) is 16.2 Å². The maximum atomic E-state index is 5.81. The highest BCUT2D eigenvalue weighted by molar-refractivity contribution is 7.23. The lowest BCUT2D eigenvalue weighted by Gasteiger charge is -1.95. The van der Waals surface area contributed by atoms with Crippen LogP contribution in [0.4, 0.5) is 5.13 Å². The average molecular weight is 262 g/mol. The zero-order valence-corrected chi connectivity index (χ0v) is 10.8. The predicted octanol–water partition coefficient (Wildman–Crippen LogP) is 2.85. The summed E-state index contributed by atoms with van der Waals surface area (Å²) in [5.41, 5.74) is 7.74. The predicted molar refractivity (Wildman–Crippen MR) is 72.0 cm³/mol. The van der Waals surface area contributed by atoms with Crippen LogP contribution >= 0.6 is 22.7 Å². The van der Waals surface area contributed by atoms with E-state index in [1.807, 2.05) is 25.5 Å². The Labute approximate surface area is 106 Å². The van der Waals surface area contributed by atoms with Crippen molar-refractivity contribution in [2.45, 2.75) is 0 Å². The van der Waals surface area contributed by atoms with Crippen molar-refractivity contribution in [3.63, 3.8) is 0 Å². The quantitative estimate of drug-likeness (QED) is 0.772. The van der Waals surface area contributed by atoms with Gasteiger partial charge in [0.2, 0.25) is 0 Å². The third kappa shape index (κ3) is 1.85. The van der Waals surface area contributed by atoms with Crippen molar-refractivity contribution in [1.82, 2.24) is 14.8 Å². The number of aryl methyl sites for hydroxylation is 1. The van der Waals surface area contributed by atoms with Gasteiger partial charge in [-0.25, -0.2) is 4.98 Å². The number of nitrogen functional groups attached to an aromatic ring is 1. The minimum atomic E-state index is 0.590. The molecule has 86 valence electrons. The summed E-state index contributed by atoms with van der Waals surface area (Å²) in [5.74, 6) is 0. The summed E-state index contributed by atoms with van der Waals surface area (Å²) in [4.78, 5) is 6.71. The number of thiazole rings is 1. The van der Waals surface area contributed by atoms with Crippen molar-refractivity contribution in [2.24, 2.45) is 7.05 Å². The monoisotopic (exact) mass is 262 g/mol. The van der Waals surface area contributed by atoms with Gasteiger partial charge in [0.15, 0.2) is 5.13 Å². The molecule has 3 aromatic heterocycles. The lowest BCUT2D eigenvalue weighted by Crippen LogP contribution is -1.85. The first-order valence-electron chi connectivity index (χ1n) is 5.03. The highest BCUT2D eigenvalue weighted by Gasteiger charge is 2.15. The van der Waals surface area contributed by atoms with Crippen LogP contribution in [0, 0.1) is 0 Å². The molecule has 0 saturated heterocycles. The Morgan fingerprint density at radius 3 is 2.94 bits per heavy atom. The number of hydrogen-bond acceptors (Lipinski definition) is 5. The lowest BCUT2D eigenvalue weighted by molar-refractivity contribution is 0.768. The van der Waals surface area contributed by atoms with Gasteiger partial charge in [0, 0.05) is 23.7 Å². The molecule has 0 atom stereocenters. The summed E-state index contributed by atoms with van der Waals surface area (Å²) < 4.78 is 1.77. The fourth-order valence-electron chi connectivity index (χ4n) is 1.65. The van der Waals surface area contributed by atoms with E-state index in [1.54, 1.807) is 16.0 Å². The first kappa shape index (κ1) is 10.5. The van der Waals surface area contributed by atoms with Crippen LogP contribution in [-0.4, -0.2) is 14.8 Å². The molecule has 3 aromatic rings. The molecule has 17 heavy (non-hydrogen) atoms. The van der Waals surface area contributed by atoms with Crippen LogP contribution in [0.1, 0.15) is 0 Å². The standard InChI is InChI=1S/C11H10N4S2/c1-15-6-7(5-13-15)9-10(17-11(12)14-9)8-3-2-4-16-8/h2-6H,1H3,(H2,12,14). The van der Waals surface area contributed by atoms with Crippen molar-refractivity contribution >= 4 is 27.8 Å². The highest BCUT2D eigenvalue weighted by atomic mass is 32.1. The average Bonchev–Trinajstić information content (AvgIpc) is 2.96. The van der Waals surface area contributed by atoms with Crippen LogP contribution in [-0.2, 0) is 7.05 Å². The van der Waals surface area contributed by atoms with E-state index in [9.17, 15) is 0 Å². The summed E-state index contributed by atoms with van der Waals surface area (Å²) in [6, 6.07) is 4.11. The van der Waals surface area contributed by atoms with Crippen LogP contribution in [0.5, 0.6) is 0 Å². The van der Waals surface area contributed by atoms with Gasteiger partial charge in [0.25, 0.3) is 0 Å². The summed E-state index contributed by atoms with van der Waals surface area (Å²) >= 11 is 3.21. The molecule has 0 fully saturated rings. The fourth-order valence-corrected chi connectivity index (χ4v) is 3.36. The third-order valence-electron chi connectivity index (χ3n) is 2.37. The van der Waals surface area contributed by atoms with E-state index in [-0.39, 0.29) is 0 Å². The minimum Gasteiger partial charge on any atom is -0.375 e. The van der Waals surface area contributed by atoms with E-state index in [0.29, 0.717) is 5.13 Å². The molecule has 3 heterocycles. The summed E-state index contributed by atoms with van der Waals surface area (Å²) in [6.07, 6.45) is 3.76. The van der Waals surface area contributed by atoms with Crippen LogP contribution in [0.3, 0.4) is 0 Å². The second kappa shape index (κ2) is 3.97. The molecule has 0 aromatic carbocycles. The topological polar surface area (TPSA) is 56.7 Å². The molecule has 0 aliphatic rings. The number of rotatable bonds is 2. The smallest absolute Gasteiger partial charge is 0.181 e. The number of anilines is 1. The largest absolute Gasteiger partial charge is 0.375 e. The van der Waals surface area contributed by atoms with Gasteiger partial charge >= 0.3 is 0 Å². The zero-order valence-electron chi connectivity index (χ0n) is 9.12. The maximum Gasteiger partial charge on any atom is 0.181 e. The normalized spacial score (nSPS) is 10.9. The van der Waals surface area contributed by atoms with Crippen molar-refractivity contribution in [3.05, 3.63) is 29.9 Å². The van der Waals surface area contributed by atoms with E-state index >= 15 is 0 Å². The van der Waals surface area contributed by atoms with Gasteiger partial charge in [0.1, 0.15) is 0 Å². The molecule has 0 spiro atoms. The highest BCUT2D eigenvalue weighted by Crippen LogP contribution is 2.39. The molecule has 0 aliphatic carbocycles. The Balaban J connectivity index is 2.17. The minimum absolute atomic E-state index is 0.590. The van der Waals surface area contributed by atoms with Crippen molar-refractivity contribution in [2.75, 3.05) is 5.73 Å². The van der Waals surface area contributed by atoms with Crippen LogP contribution in [0.25, 0.3) is 21.0 Å².